The van der Waals surface area contributed by atoms with Gasteiger partial charge in [0.25, 0.3) is 0 Å². The van der Waals surface area contributed by atoms with E-state index in [1.807, 2.05) is 13.3 Å². The smallest absolute Gasteiger partial charge is 0.156 e. The molecule has 0 saturated heterocycles. The molecule has 1 N–H and O–H groups in total. The molecule has 0 aliphatic carbocycles. The zero-order valence-electron chi connectivity index (χ0n) is 4.92. The first-order valence-corrected chi connectivity index (χ1v) is 5.09. The van der Waals surface area contributed by atoms with Crippen LogP contribution in [-0.2, 0) is 9.05 Å². The van der Waals surface area contributed by atoms with Crippen molar-refractivity contribution in [3.63, 3.8) is 0 Å². The molecule has 0 bridgehead atoms. The molecule has 0 aromatic heterocycles. The topological polar surface area (TPSA) is 38.7 Å². The first-order chi connectivity index (χ1) is 3.77. The standard InChI is InChI=1S/C3H10O3P2/c1-8(2)6-3-5-7-4/h4,7H,3H2,1-2H3. The Labute approximate surface area is 52.2 Å². The van der Waals surface area contributed by atoms with E-state index in [0.29, 0.717) is 0 Å². The van der Waals surface area contributed by atoms with Crippen LogP contribution in [0.4, 0.5) is 0 Å². The largest absolute Gasteiger partial charge is 0.352 e. The summed E-state index contributed by atoms with van der Waals surface area (Å²) in [5, 5.41) is 0. The fourth-order valence-corrected chi connectivity index (χ4v) is 0.632. The summed E-state index contributed by atoms with van der Waals surface area (Å²) >= 11 is 0. The monoisotopic (exact) mass is 156 g/mol. The molecule has 0 aromatic carbocycles. The van der Waals surface area contributed by atoms with Crippen LogP contribution < -0.4 is 0 Å². The number of rotatable bonds is 4. The zero-order chi connectivity index (χ0) is 6.41. The molecule has 1 atom stereocenters. The third-order valence-electron chi connectivity index (χ3n) is 0.434. The van der Waals surface area contributed by atoms with Crippen LogP contribution in [0, 0.1) is 0 Å². The predicted molar refractivity (Wildman–Crippen MR) is 36.3 cm³/mol. The van der Waals surface area contributed by atoms with Gasteiger partial charge in [0.05, 0.1) is 0 Å². The summed E-state index contributed by atoms with van der Waals surface area (Å²) in [6, 6.07) is 0. The Morgan fingerprint density at radius 1 is 1.62 bits per heavy atom. The van der Waals surface area contributed by atoms with Crippen LogP contribution in [0.2, 0.25) is 0 Å². The summed E-state index contributed by atoms with van der Waals surface area (Å²) in [5.41, 5.74) is 0. The maximum atomic E-state index is 8.11. The van der Waals surface area contributed by atoms with Crippen molar-refractivity contribution in [1.82, 2.24) is 0 Å². The van der Waals surface area contributed by atoms with Crippen molar-refractivity contribution >= 4 is 17.2 Å². The Morgan fingerprint density at radius 3 is 2.62 bits per heavy atom. The first-order valence-electron chi connectivity index (χ1n) is 2.08. The molecule has 0 amide bonds. The molecule has 50 valence electrons. The van der Waals surface area contributed by atoms with E-state index in [1.165, 1.54) is 0 Å². The lowest BCUT2D eigenvalue weighted by atomic mass is 11.6. The van der Waals surface area contributed by atoms with Crippen LogP contribution in [-0.4, -0.2) is 25.0 Å². The van der Waals surface area contributed by atoms with Gasteiger partial charge in [0, 0.05) is 8.15 Å². The first kappa shape index (κ1) is 8.74. The summed E-state index contributed by atoms with van der Waals surface area (Å²) in [5.74, 6) is 0. The minimum absolute atomic E-state index is 0.216. The highest BCUT2D eigenvalue weighted by molar-refractivity contribution is 7.50. The highest BCUT2D eigenvalue weighted by atomic mass is 31.1. The Kier molecular flexibility index (Phi) is 6.41. The van der Waals surface area contributed by atoms with Gasteiger partial charge in [-0.05, 0) is 13.3 Å². The third kappa shape index (κ3) is 6.74. The number of hydrogen-bond acceptors (Lipinski definition) is 3. The maximum absolute atomic E-state index is 8.11. The molecular formula is C3H10O3P2. The van der Waals surface area contributed by atoms with Gasteiger partial charge in [0.1, 0.15) is 0 Å². The van der Waals surface area contributed by atoms with Gasteiger partial charge in [0.2, 0.25) is 0 Å². The molecular weight excluding hydrogens is 146 g/mol. The molecule has 5 heteroatoms. The van der Waals surface area contributed by atoms with Crippen molar-refractivity contribution in [2.24, 2.45) is 0 Å². The normalized spacial score (nSPS) is 12.0. The fourth-order valence-electron chi connectivity index (χ4n) is 0.158. The summed E-state index contributed by atoms with van der Waals surface area (Å²) in [6.45, 7) is 4.16. The molecule has 0 aliphatic heterocycles. The van der Waals surface area contributed by atoms with Crippen LogP contribution in [0.1, 0.15) is 0 Å². The molecule has 0 aromatic rings. The highest BCUT2D eigenvalue weighted by Crippen LogP contribution is 2.26. The minimum atomic E-state index is -0.457. The van der Waals surface area contributed by atoms with Gasteiger partial charge in [-0.25, -0.2) is 0 Å². The lowest BCUT2D eigenvalue weighted by Gasteiger charge is -2.04. The fraction of sp³-hybridized carbons (Fsp3) is 1.00. The van der Waals surface area contributed by atoms with Gasteiger partial charge in [-0.15, -0.1) is 0 Å². The van der Waals surface area contributed by atoms with Crippen molar-refractivity contribution in [1.29, 1.82) is 0 Å². The molecule has 0 saturated carbocycles. The highest BCUT2D eigenvalue weighted by Gasteiger charge is 1.89. The van der Waals surface area contributed by atoms with Crippen molar-refractivity contribution in [3.8, 4) is 0 Å². The third-order valence-corrected chi connectivity index (χ3v) is 1.30. The SMILES string of the molecule is CP(C)OCOPO. The summed E-state index contributed by atoms with van der Waals surface area (Å²) < 4.78 is 9.49. The molecule has 1 unspecified atom stereocenters. The Bertz CT molecular complexity index is 49.8. The number of hydrogen-bond donors (Lipinski definition) is 1. The van der Waals surface area contributed by atoms with Gasteiger partial charge in [-0.2, -0.15) is 0 Å². The maximum Gasteiger partial charge on any atom is 0.156 e. The van der Waals surface area contributed by atoms with E-state index in [-0.39, 0.29) is 14.9 Å². The molecule has 0 aliphatic rings. The van der Waals surface area contributed by atoms with Gasteiger partial charge in [-0.1, -0.05) is 0 Å². The predicted octanol–water partition coefficient (Wildman–Crippen LogP) is 1.13. The summed E-state index contributed by atoms with van der Waals surface area (Å²) in [6.07, 6.45) is 0. The van der Waals surface area contributed by atoms with Crippen LogP contribution in [0.3, 0.4) is 0 Å². The quantitative estimate of drug-likeness (QED) is 0.376. The Morgan fingerprint density at radius 2 is 2.25 bits per heavy atom. The second-order valence-electron chi connectivity index (χ2n) is 1.29. The van der Waals surface area contributed by atoms with E-state index < -0.39 is 9.03 Å². The molecule has 8 heavy (non-hydrogen) atoms. The van der Waals surface area contributed by atoms with Gasteiger partial charge >= 0.3 is 0 Å². The van der Waals surface area contributed by atoms with Crippen molar-refractivity contribution < 1.29 is 13.9 Å². The second-order valence-corrected chi connectivity index (χ2v) is 3.65. The van der Waals surface area contributed by atoms with Crippen LogP contribution >= 0.6 is 17.2 Å². The van der Waals surface area contributed by atoms with Crippen molar-refractivity contribution in [3.05, 3.63) is 0 Å². The van der Waals surface area contributed by atoms with Gasteiger partial charge in [0.15, 0.2) is 15.8 Å². The molecule has 3 nitrogen and oxygen atoms in total. The average molecular weight is 156 g/mol. The molecule has 0 spiro atoms. The Hall–Kier alpha value is 0.740. The average Bonchev–Trinajstić information content (AvgIpc) is 1.66. The van der Waals surface area contributed by atoms with E-state index in [1.54, 1.807) is 0 Å². The Balaban J connectivity index is 2.72. The van der Waals surface area contributed by atoms with Gasteiger partial charge in [-0.3, -0.25) is 0 Å². The second kappa shape index (κ2) is 5.87. The van der Waals surface area contributed by atoms with Crippen LogP contribution in [0.25, 0.3) is 0 Å². The molecule has 0 heterocycles. The molecule has 0 fully saturated rings. The van der Waals surface area contributed by atoms with Crippen molar-refractivity contribution in [2.45, 2.75) is 0 Å². The van der Waals surface area contributed by atoms with E-state index in [4.69, 9.17) is 9.42 Å². The van der Waals surface area contributed by atoms with E-state index in [2.05, 4.69) is 4.52 Å². The lowest BCUT2D eigenvalue weighted by molar-refractivity contribution is 0.143. The molecule has 0 rings (SSSR count). The summed E-state index contributed by atoms with van der Waals surface area (Å²) in [7, 11) is -0.801. The van der Waals surface area contributed by atoms with Crippen LogP contribution in [0.15, 0.2) is 0 Å². The summed E-state index contributed by atoms with van der Waals surface area (Å²) in [4.78, 5) is 8.11. The lowest BCUT2D eigenvalue weighted by Crippen LogP contribution is -1.86. The van der Waals surface area contributed by atoms with E-state index >= 15 is 0 Å². The van der Waals surface area contributed by atoms with Crippen molar-refractivity contribution in [2.75, 3.05) is 20.1 Å². The minimum Gasteiger partial charge on any atom is -0.352 e. The van der Waals surface area contributed by atoms with E-state index in [0.717, 1.165) is 0 Å². The van der Waals surface area contributed by atoms with Gasteiger partial charge < -0.3 is 13.9 Å². The zero-order valence-corrected chi connectivity index (χ0v) is 6.81. The van der Waals surface area contributed by atoms with Crippen LogP contribution in [0.5, 0.6) is 0 Å². The van der Waals surface area contributed by atoms with E-state index in [9.17, 15) is 0 Å². The molecule has 0 radical (unpaired) electrons.